The largest absolute Gasteiger partial charge is 0.326 e. The molecule has 0 aliphatic carbocycles. The molecule has 0 unspecified atom stereocenters. The van der Waals surface area contributed by atoms with Gasteiger partial charge in [-0.05, 0) is 36.2 Å². The molecule has 0 aliphatic heterocycles. The second-order valence-corrected chi connectivity index (χ2v) is 5.21. The van der Waals surface area contributed by atoms with E-state index < -0.39 is 0 Å². The van der Waals surface area contributed by atoms with E-state index in [1.54, 1.807) is 18.2 Å². The average Bonchev–Trinajstić information content (AvgIpc) is 2.57. The molecule has 0 spiro atoms. The van der Waals surface area contributed by atoms with Gasteiger partial charge in [0.1, 0.15) is 5.82 Å². The van der Waals surface area contributed by atoms with Gasteiger partial charge in [0, 0.05) is 18.5 Å². The Balaban J connectivity index is 1.73. The van der Waals surface area contributed by atoms with E-state index in [1.807, 2.05) is 25.1 Å². The maximum atomic E-state index is 12.7. The number of halogens is 1. The molecule has 2 N–H and O–H groups in total. The zero-order valence-corrected chi connectivity index (χ0v) is 13.3. The van der Waals surface area contributed by atoms with Crippen molar-refractivity contribution in [2.75, 3.05) is 5.32 Å². The molecule has 0 heterocycles. The van der Waals surface area contributed by atoms with Crippen LogP contribution in [0.1, 0.15) is 24.0 Å². The first-order valence-corrected chi connectivity index (χ1v) is 7.47. The third-order valence-corrected chi connectivity index (χ3v) is 3.27. The van der Waals surface area contributed by atoms with E-state index in [2.05, 4.69) is 15.8 Å². The molecule has 124 valence electrons. The fourth-order valence-electron chi connectivity index (χ4n) is 1.94. The van der Waals surface area contributed by atoms with Crippen LogP contribution in [-0.4, -0.2) is 18.0 Å². The van der Waals surface area contributed by atoms with Gasteiger partial charge in [-0.2, -0.15) is 5.10 Å². The van der Waals surface area contributed by atoms with E-state index in [1.165, 1.54) is 18.3 Å². The summed E-state index contributed by atoms with van der Waals surface area (Å²) in [5, 5.41) is 6.53. The smallest absolute Gasteiger partial charge is 0.240 e. The SMILES string of the molecule is Cc1ccccc1NC(=O)CCC(=O)N/N=C\c1ccc(F)cc1. The number of hydrogen-bond donors (Lipinski definition) is 2. The molecule has 0 aliphatic rings. The van der Waals surface area contributed by atoms with Crippen molar-refractivity contribution in [3.8, 4) is 0 Å². The summed E-state index contributed by atoms with van der Waals surface area (Å²) in [6, 6.07) is 13.1. The number of carbonyl (C=O) groups is 2. The number of rotatable bonds is 6. The Bertz CT molecular complexity index is 742. The lowest BCUT2D eigenvalue weighted by molar-refractivity contribution is -0.124. The predicted octanol–water partition coefficient (Wildman–Crippen LogP) is 3.00. The van der Waals surface area contributed by atoms with Crippen molar-refractivity contribution < 1.29 is 14.0 Å². The fraction of sp³-hybridized carbons (Fsp3) is 0.167. The molecule has 0 atom stereocenters. The van der Waals surface area contributed by atoms with Crippen LogP contribution in [0.25, 0.3) is 0 Å². The highest BCUT2D eigenvalue weighted by molar-refractivity contribution is 5.93. The molecule has 2 amide bonds. The number of hydrazone groups is 1. The number of nitrogens with zero attached hydrogens (tertiary/aromatic N) is 1. The Kier molecular flexibility index (Phi) is 6.19. The molecule has 0 saturated carbocycles. The van der Waals surface area contributed by atoms with Crippen molar-refractivity contribution in [1.29, 1.82) is 0 Å². The summed E-state index contributed by atoms with van der Waals surface area (Å²) < 4.78 is 12.7. The van der Waals surface area contributed by atoms with Gasteiger partial charge in [-0.1, -0.05) is 30.3 Å². The van der Waals surface area contributed by atoms with Gasteiger partial charge in [0.15, 0.2) is 0 Å². The predicted molar refractivity (Wildman–Crippen MR) is 91.2 cm³/mol. The Morgan fingerprint density at radius 1 is 1.04 bits per heavy atom. The van der Waals surface area contributed by atoms with E-state index in [0.717, 1.165) is 11.3 Å². The maximum absolute atomic E-state index is 12.7. The number of para-hydroxylation sites is 1. The molecule has 0 aromatic heterocycles. The third kappa shape index (κ3) is 5.64. The summed E-state index contributed by atoms with van der Waals surface area (Å²) in [6.45, 7) is 1.90. The maximum Gasteiger partial charge on any atom is 0.240 e. The molecule has 2 aromatic rings. The van der Waals surface area contributed by atoms with E-state index in [0.29, 0.717) is 5.56 Å². The van der Waals surface area contributed by atoms with Gasteiger partial charge < -0.3 is 5.32 Å². The van der Waals surface area contributed by atoms with Gasteiger partial charge in [0.25, 0.3) is 0 Å². The summed E-state index contributed by atoms with van der Waals surface area (Å²) in [5.74, 6) is -0.939. The number of aryl methyl sites for hydroxylation is 1. The lowest BCUT2D eigenvalue weighted by Crippen LogP contribution is -2.20. The third-order valence-electron chi connectivity index (χ3n) is 3.27. The second kappa shape index (κ2) is 8.57. The van der Waals surface area contributed by atoms with Crippen LogP contribution in [0, 0.1) is 12.7 Å². The van der Waals surface area contributed by atoms with Crippen molar-refractivity contribution in [1.82, 2.24) is 5.43 Å². The van der Waals surface area contributed by atoms with Crippen LogP contribution in [0.2, 0.25) is 0 Å². The number of nitrogens with one attached hydrogen (secondary N) is 2. The van der Waals surface area contributed by atoms with Crippen LogP contribution in [0.15, 0.2) is 53.6 Å². The minimum atomic E-state index is -0.367. The molecule has 2 rings (SSSR count). The summed E-state index contributed by atoms with van der Waals surface area (Å²) in [6.07, 6.45) is 1.50. The van der Waals surface area contributed by atoms with Crippen LogP contribution in [0.5, 0.6) is 0 Å². The Morgan fingerprint density at radius 2 is 1.71 bits per heavy atom. The first-order chi connectivity index (χ1) is 11.5. The lowest BCUT2D eigenvalue weighted by atomic mass is 10.2. The zero-order chi connectivity index (χ0) is 17.4. The van der Waals surface area contributed by atoms with E-state index in [-0.39, 0.29) is 30.5 Å². The van der Waals surface area contributed by atoms with Crippen molar-refractivity contribution in [2.45, 2.75) is 19.8 Å². The van der Waals surface area contributed by atoms with E-state index in [4.69, 9.17) is 0 Å². The molecule has 0 fully saturated rings. The van der Waals surface area contributed by atoms with E-state index in [9.17, 15) is 14.0 Å². The Labute approximate surface area is 139 Å². The number of amides is 2. The van der Waals surface area contributed by atoms with E-state index >= 15 is 0 Å². The zero-order valence-electron chi connectivity index (χ0n) is 13.3. The highest BCUT2D eigenvalue weighted by Gasteiger charge is 2.07. The molecular weight excluding hydrogens is 309 g/mol. The second-order valence-electron chi connectivity index (χ2n) is 5.21. The summed E-state index contributed by atoms with van der Waals surface area (Å²) in [7, 11) is 0. The molecule has 2 aromatic carbocycles. The van der Waals surface area contributed by atoms with Gasteiger partial charge in [0.05, 0.1) is 6.21 Å². The molecular formula is C18H18FN3O2. The lowest BCUT2D eigenvalue weighted by Gasteiger charge is -2.07. The fourth-order valence-corrected chi connectivity index (χ4v) is 1.94. The molecule has 5 nitrogen and oxygen atoms in total. The molecule has 6 heteroatoms. The van der Waals surface area contributed by atoms with Gasteiger partial charge in [0.2, 0.25) is 11.8 Å². The van der Waals surface area contributed by atoms with Crippen LogP contribution in [0.3, 0.4) is 0 Å². The van der Waals surface area contributed by atoms with Crippen LogP contribution in [0.4, 0.5) is 10.1 Å². The molecule has 0 bridgehead atoms. The number of anilines is 1. The topological polar surface area (TPSA) is 70.6 Å². The first kappa shape index (κ1) is 17.3. The van der Waals surface area contributed by atoms with Gasteiger partial charge in [-0.25, -0.2) is 9.82 Å². The number of hydrogen-bond acceptors (Lipinski definition) is 3. The number of benzene rings is 2. The van der Waals surface area contributed by atoms with Crippen molar-refractivity contribution in [2.24, 2.45) is 5.10 Å². The summed E-state index contributed by atoms with van der Waals surface area (Å²) >= 11 is 0. The van der Waals surface area contributed by atoms with Crippen LogP contribution < -0.4 is 10.7 Å². The highest BCUT2D eigenvalue weighted by atomic mass is 19.1. The minimum Gasteiger partial charge on any atom is -0.326 e. The normalized spacial score (nSPS) is 10.6. The summed E-state index contributed by atoms with van der Waals surface area (Å²) in [5.41, 5.74) is 4.69. The Hall–Kier alpha value is -3.02. The molecule has 0 radical (unpaired) electrons. The van der Waals surface area contributed by atoms with Gasteiger partial charge in [-0.3, -0.25) is 9.59 Å². The quantitative estimate of drug-likeness (QED) is 0.632. The van der Waals surface area contributed by atoms with Crippen LogP contribution in [-0.2, 0) is 9.59 Å². The highest BCUT2D eigenvalue weighted by Crippen LogP contribution is 2.13. The van der Waals surface area contributed by atoms with Gasteiger partial charge >= 0.3 is 0 Å². The Morgan fingerprint density at radius 3 is 2.42 bits per heavy atom. The van der Waals surface area contributed by atoms with Crippen molar-refractivity contribution in [3.05, 3.63) is 65.5 Å². The standard InChI is InChI=1S/C18H18FN3O2/c1-13-4-2-3-5-16(13)21-17(23)10-11-18(24)22-20-12-14-6-8-15(19)9-7-14/h2-9,12H,10-11H2,1H3,(H,21,23)(H,22,24)/b20-12-. The van der Waals surface area contributed by atoms with Gasteiger partial charge in [-0.15, -0.1) is 0 Å². The first-order valence-electron chi connectivity index (χ1n) is 7.47. The minimum absolute atomic E-state index is 0.0263. The monoisotopic (exact) mass is 327 g/mol. The average molecular weight is 327 g/mol. The molecule has 24 heavy (non-hydrogen) atoms. The molecule has 0 saturated heterocycles. The number of carbonyl (C=O) groups excluding carboxylic acids is 2. The van der Waals surface area contributed by atoms with Crippen molar-refractivity contribution in [3.63, 3.8) is 0 Å². The van der Waals surface area contributed by atoms with Crippen LogP contribution >= 0.6 is 0 Å². The summed E-state index contributed by atoms with van der Waals surface area (Å²) in [4.78, 5) is 23.5. The van der Waals surface area contributed by atoms with Crippen molar-refractivity contribution >= 4 is 23.7 Å².